The summed E-state index contributed by atoms with van der Waals surface area (Å²) in [5.74, 6) is 0.0140. The molecule has 68 heavy (non-hydrogen) atoms. The van der Waals surface area contributed by atoms with Crippen molar-refractivity contribution in [1.82, 2.24) is 4.90 Å². The summed E-state index contributed by atoms with van der Waals surface area (Å²) in [4.78, 5) is 22.3. The van der Waals surface area contributed by atoms with Gasteiger partial charge in [0.05, 0.1) is 44.7 Å². The molecule has 374 valence electrons. The van der Waals surface area contributed by atoms with Gasteiger partial charge < -0.3 is 43.8 Å². The number of carbonyl (C=O) groups excluding carboxylic acids is 1. The normalized spacial score (nSPS) is 22.2. The first-order chi connectivity index (χ1) is 33.4. The summed E-state index contributed by atoms with van der Waals surface area (Å²) in [6.45, 7) is 9.46. The highest BCUT2D eigenvalue weighted by Gasteiger charge is 2.65. The zero-order valence-corrected chi connectivity index (χ0v) is 41.0. The third kappa shape index (κ3) is 13.9. The zero-order valence-electron chi connectivity index (χ0n) is 41.0. The number of benzene rings is 3. The maximum absolute atomic E-state index is 14.7. The molecule has 12 heteroatoms. The Morgan fingerprint density at radius 3 is 2.24 bits per heavy atom. The SMILES string of the molecule is C=CCO[C@@]12Oc3ccc(Oc4ccc5ccccc5c4)cc3[C@H]3[C@H](CCCCO)[C@@H](CCCCO)C=C(C(=NOCC)C[C@@H]1N(CCOCCO)C(=O)OCCCCCCCCCCCC)[C@H]32. The van der Waals surface area contributed by atoms with E-state index in [0.29, 0.717) is 42.4 Å². The maximum Gasteiger partial charge on any atom is 0.410 e. The summed E-state index contributed by atoms with van der Waals surface area (Å²) in [5, 5.41) is 36.6. The van der Waals surface area contributed by atoms with Gasteiger partial charge in [-0.25, -0.2) is 4.79 Å². The molecule has 3 aromatic carbocycles. The van der Waals surface area contributed by atoms with Crippen LogP contribution in [-0.4, -0.2) is 103 Å². The van der Waals surface area contributed by atoms with Gasteiger partial charge in [-0.2, -0.15) is 0 Å². The van der Waals surface area contributed by atoms with Crippen molar-refractivity contribution in [3.05, 3.63) is 90.5 Å². The van der Waals surface area contributed by atoms with Crippen molar-refractivity contribution in [3.8, 4) is 17.2 Å². The van der Waals surface area contributed by atoms with Crippen molar-refractivity contribution >= 4 is 22.6 Å². The molecular weight excluding hydrogens is 861 g/mol. The number of fused-ring (bicyclic) bond motifs is 3. The van der Waals surface area contributed by atoms with Crippen LogP contribution >= 0.6 is 0 Å². The lowest BCUT2D eigenvalue weighted by molar-refractivity contribution is -0.256. The first-order valence-corrected chi connectivity index (χ1v) is 25.9. The fourth-order valence-corrected chi connectivity index (χ4v) is 10.8. The fraction of sp³-hybridized carbons (Fsp3) is 0.607. The number of hydrogen-bond acceptors (Lipinski definition) is 11. The summed E-state index contributed by atoms with van der Waals surface area (Å²) in [6.07, 6.45) is 20.1. The van der Waals surface area contributed by atoms with Gasteiger partial charge in [0, 0.05) is 37.7 Å². The van der Waals surface area contributed by atoms with Gasteiger partial charge in [0.2, 0.25) is 5.79 Å². The molecule has 0 aromatic heterocycles. The van der Waals surface area contributed by atoms with Crippen LogP contribution in [0.25, 0.3) is 10.8 Å². The molecule has 1 fully saturated rings. The number of allylic oxidation sites excluding steroid dienone is 1. The van der Waals surface area contributed by atoms with Crippen LogP contribution in [0.4, 0.5) is 4.79 Å². The van der Waals surface area contributed by atoms with E-state index in [4.69, 9.17) is 33.7 Å². The first kappa shape index (κ1) is 52.9. The number of rotatable bonds is 32. The molecule has 1 heterocycles. The first-order valence-electron chi connectivity index (χ1n) is 25.9. The van der Waals surface area contributed by atoms with Crippen LogP contribution < -0.4 is 9.47 Å². The third-order valence-electron chi connectivity index (χ3n) is 14.0. The van der Waals surface area contributed by atoms with Gasteiger partial charge in [0.1, 0.15) is 29.9 Å². The predicted molar refractivity (Wildman–Crippen MR) is 268 cm³/mol. The molecule has 12 nitrogen and oxygen atoms in total. The third-order valence-corrected chi connectivity index (χ3v) is 14.0. The summed E-state index contributed by atoms with van der Waals surface area (Å²) >= 11 is 0. The van der Waals surface area contributed by atoms with Gasteiger partial charge >= 0.3 is 6.09 Å². The van der Waals surface area contributed by atoms with E-state index >= 15 is 0 Å². The van der Waals surface area contributed by atoms with Crippen molar-refractivity contribution < 1.29 is 48.6 Å². The highest BCUT2D eigenvalue weighted by molar-refractivity contribution is 6.03. The second kappa shape index (κ2) is 28.3. The van der Waals surface area contributed by atoms with Crippen molar-refractivity contribution in [1.29, 1.82) is 0 Å². The van der Waals surface area contributed by atoms with Crippen LogP contribution in [0.5, 0.6) is 17.2 Å². The average Bonchev–Trinajstić information content (AvgIpc) is 3.35. The molecule has 3 aromatic rings. The fourth-order valence-electron chi connectivity index (χ4n) is 10.8. The molecule has 0 saturated heterocycles. The van der Waals surface area contributed by atoms with E-state index in [1.807, 2.05) is 43.3 Å². The number of unbranched alkanes of at least 4 members (excludes halogenated alkanes) is 11. The molecule has 1 saturated carbocycles. The largest absolute Gasteiger partial charge is 0.459 e. The molecular formula is C56H80N2O10. The Labute approximate surface area is 405 Å². The van der Waals surface area contributed by atoms with Crippen LogP contribution in [0.1, 0.15) is 134 Å². The van der Waals surface area contributed by atoms with E-state index in [0.717, 1.165) is 66.9 Å². The van der Waals surface area contributed by atoms with E-state index in [9.17, 15) is 20.1 Å². The Bertz CT molecular complexity index is 2060. The molecule has 3 aliphatic rings. The molecule has 1 amide bonds. The van der Waals surface area contributed by atoms with E-state index in [1.165, 1.54) is 44.9 Å². The van der Waals surface area contributed by atoms with Crippen LogP contribution in [0, 0.1) is 17.8 Å². The molecule has 3 N–H and O–H groups in total. The van der Waals surface area contributed by atoms with Crippen LogP contribution in [0.2, 0.25) is 0 Å². The predicted octanol–water partition coefficient (Wildman–Crippen LogP) is 11.7. The maximum atomic E-state index is 14.7. The quantitative estimate of drug-likeness (QED) is 0.0314. The molecule has 6 atom stereocenters. The summed E-state index contributed by atoms with van der Waals surface area (Å²) in [5.41, 5.74) is 2.64. The number of hydrogen-bond donors (Lipinski definition) is 3. The average molecular weight is 941 g/mol. The van der Waals surface area contributed by atoms with Crippen molar-refractivity contribution in [2.75, 3.05) is 59.4 Å². The number of amides is 1. The molecule has 0 unspecified atom stereocenters. The van der Waals surface area contributed by atoms with Gasteiger partial charge in [0.15, 0.2) is 0 Å². The van der Waals surface area contributed by atoms with E-state index in [-0.39, 0.29) is 77.0 Å². The van der Waals surface area contributed by atoms with Crippen molar-refractivity contribution in [3.63, 3.8) is 0 Å². The number of nitrogens with zero attached hydrogens (tertiary/aromatic N) is 2. The van der Waals surface area contributed by atoms with Crippen LogP contribution in [0.15, 0.2) is 90.1 Å². The monoisotopic (exact) mass is 941 g/mol. The smallest absolute Gasteiger partial charge is 0.410 e. The summed E-state index contributed by atoms with van der Waals surface area (Å²) < 4.78 is 33.2. The minimum atomic E-state index is -1.44. The number of aliphatic hydroxyl groups excluding tert-OH is 3. The Morgan fingerprint density at radius 2 is 1.51 bits per heavy atom. The topological polar surface area (TPSA) is 149 Å². The zero-order chi connectivity index (χ0) is 48.0. The highest BCUT2D eigenvalue weighted by Crippen LogP contribution is 2.62. The number of ether oxygens (including phenoxy) is 5. The Morgan fingerprint density at radius 1 is 0.809 bits per heavy atom. The van der Waals surface area contributed by atoms with Crippen LogP contribution in [-0.2, 0) is 19.0 Å². The van der Waals surface area contributed by atoms with Crippen molar-refractivity contribution in [2.45, 2.75) is 141 Å². The van der Waals surface area contributed by atoms with E-state index < -0.39 is 23.8 Å². The Balaban J connectivity index is 1.42. The van der Waals surface area contributed by atoms with E-state index in [2.05, 4.69) is 43.8 Å². The Hall–Kier alpha value is -4.46. The van der Waals surface area contributed by atoms with Gasteiger partial charge in [-0.1, -0.05) is 125 Å². The van der Waals surface area contributed by atoms with Gasteiger partial charge in [-0.3, -0.25) is 4.90 Å². The lowest BCUT2D eigenvalue weighted by Crippen LogP contribution is -2.70. The standard InChI is InChI=1S/C56H80N2O10/c1-4-7-8-9-10-11-12-13-14-21-35-64-55(62)58(30-36-63-37-33-61)52-41-50(57-66-6-3)48-39-44(24-17-19-31-59)47(25-18-20-32-60)53-49-40-46(67-45-27-26-42-22-15-16-23-43(42)38-45)28-29-51(49)68-56(52,54(48)53)65-34-5-2/h5,15-16,22-23,26-29,38-40,44,47,52-54,59-61H,2,4,6-14,17-21,24-25,30-37,41H2,1,3H3/t44-,47+,52-,53+,54+,56+/m0/s1. The van der Waals surface area contributed by atoms with Crippen LogP contribution in [0.3, 0.4) is 0 Å². The van der Waals surface area contributed by atoms with Crippen molar-refractivity contribution in [2.24, 2.45) is 22.9 Å². The lowest BCUT2D eigenvalue weighted by Gasteiger charge is -2.59. The molecule has 0 radical (unpaired) electrons. The minimum Gasteiger partial charge on any atom is -0.459 e. The van der Waals surface area contributed by atoms with E-state index in [1.54, 1.807) is 11.0 Å². The minimum absolute atomic E-state index is 0.0518. The second-order valence-electron chi connectivity index (χ2n) is 18.6. The summed E-state index contributed by atoms with van der Waals surface area (Å²) in [6, 6.07) is 19.5. The molecule has 0 spiro atoms. The molecule has 6 rings (SSSR count). The second-order valence-corrected chi connectivity index (χ2v) is 18.6. The number of carbonyl (C=O) groups is 1. The Kier molecular flexibility index (Phi) is 22.0. The summed E-state index contributed by atoms with van der Waals surface area (Å²) in [7, 11) is 0. The highest BCUT2D eigenvalue weighted by atomic mass is 16.7. The number of aliphatic hydroxyl groups is 3. The number of oxime groups is 1. The molecule has 2 aliphatic carbocycles. The van der Waals surface area contributed by atoms with Gasteiger partial charge in [-0.15, -0.1) is 6.58 Å². The molecule has 1 aliphatic heterocycles. The van der Waals surface area contributed by atoms with Gasteiger partial charge in [-0.05, 0) is 97.5 Å². The van der Waals surface area contributed by atoms with Gasteiger partial charge in [0.25, 0.3) is 0 Å². The molecule has 0 bridgehead atoms. The lowest BCUT2D eigenvalue weighted by atomic mass is 9.55.